The van der Waals surface area contributed by atoms with Crippen molar-refractivity contribution in [2.45, 2.75) is 26.9 Å². The molecule has 1 atom stereocenters. The first-order valence-electron chi connectivity index (χ1n) is 10.8. The van der Waals surface area contributed by atoms with Crippen molar-refractivity contribution in [3.05, 3.63) is 59.5 Å². The number of anilines is 1. The van der Waals surface area contributed by atoms with Crippen LogP contribution in [0.25, 0.3) is 22.2 Å². The molecule has 0 spiro atoms. The Bertz CT molecular complexity index is 1210. The van der Waals surface area contributed by atoms with Crippen molar-refractivity contribution in [2.24, 2.45) is 0 Å². The average molecular weight is 431 g/mol. The lowest BCUT2D eigenvalue weighted by atomic mass is 10.0. The standard InChI is InChI=1S/C24H26N6O2/c1-15-13-26-27-16(2)23(15)17(3)32-19-5-6-21-20(12-19)24(29-28-21)18-4-7-22(25-14-18)30-8-10-31-11-9-30/h4-7,12-14,17H,8-11H2,1-3H3,(H,28,29)/t17-/m1/s1. The number of hydrogen-bond acceptors (Lipinski definition) is 7. The molecule has 0 saturated carbocycles. The first-order valence-corrected chi connectivity index (χ1v) is 10.8. The van der Waals surface area contributed by atoms with Gasteiger partial charge >= 0.3 is 0 Å². The summed E-state index contributed by atoms with van der Waals surface area (Å²) in [5.74, 6) is 1.74. The Hall–Kier alpha value is -3.52. The van der Waals surface area contributed by atoms with Gasteiger partial charge in [-0.15, -0.1) is 0 Å². The van der Waals surface area contributed by atoms with E-state index in [-0.39, 0.29) is 6.10 Å². The zero-order chi connectivity index (χ0) is 22.1. The van der Waals surface area contributed by atoms with Gasteiger partial charge in [-0.2, -0.15) is 15.3 Å². The van der Waals surface area contributed by atoms with Crippen molar-refractivity contribution in [1.29, 1.82) is 0 Å². The minimum Gasteiger partial charge on any atom is -0.486 e. The number of rotatable bonds is 5. The van der Waals surface area contributed by atoms with Gasteiger partial charge in [-0.05, 0) is 56.7 Å². The fourth-order valence-corrected chi connectivity index (χ4v) is 4.28. The van der Waals surface area contributed by atoms with Crippen molar-refractivity contribution in [2.75, 3.05) is 31.2 Å². The zero-order valence-electron chi connectivity index (χ0n) is 18.5. The molecule has 1 aromatic carbocycles. The van der Waals surface area contributed by atoms with E-state index in [1.807, 2.05) is 51.2 Å². The lowest BCUT2D eigenvalue weighted by Gasteiger charge is -2.27. The van der Waals surface area contributed by atoms with Crippen LogP contribution in [0, 0.1) is 13.8 Å². The topological polar surface area (TPSA) is 89.1 Å². The maximum absolute atomic E-state index is 6.29. The Morgan fingerprint density at radius 1 is 1.09 bits per heavy atom. The second-order valence-corrected chi connectivity index (χ2v) is 8.07. The predicted octanol–water partition coefficient (Wildman–Crippen LogP) is 4.01. The Morgan fingerprint density at radius 2 is 1.94 bits per heavy atom. The van der Waals surface area contributed by atoms with E-state index < -0.39 is 0 Å². The van der Waals surface area contributed by atoms with Gasteiger partial charge in [0, 0.05) is 35.8 Å². The molecule has 3 aromatic heterocycles. The molecule has 0 amide bonds. The van der Waals surface area contributed by atoms with Gasteiger partial charge in [0.2, 0.25) is 0 Å². The third-order valence-electron chi connectivity index (χ3n) is 5.88. The van der Waals surface area contributed by atoms with Crippen molar-refractivity contribution >= 4 is 16.7 Å². The van der Waals surface area contributed by atoms with Crippen LogP contribution in [0.15, 0.2) is 42.7 Å². The highest BCUT2D eigenvalue weighted by atomic mass is 16.5. The van der Waals surface area contributed by atoms with Crippen molar-refractivity contribution < 1.29 is 9.47 Å². The molecule has 1 fully saturated rings. The summed E-state index contributed by atoms with van der Waals surface area (Å²) in [5.41, 5.74) is 5.79. The van der Waals surface area contributed by atoms with Gasteiger partial charge in [-0.3, -0.25) is 5.10 Å². The number of ether oxygens (including phenoxy) is 2. The molecular weight excluding hydrogens is 404 g/mol. The summed E-state index contributed by atoms with van der Waals surface area (Å²) in [4.78, 5) is 6.90. The molecule has 0 radical (unpaired) electrons. The maximum Gasteiger partial charge on any atom is 0.128 e. The van der Waals surface area contributed by atoms with E-state index >= 15 is 0 Å². The monoisotopic (exact) mass is 430 g/mol. The number of hydrogen-bond donors (Lipinski definition) is 1. The highest BCUT2D eigenvalue weighted by molar-refractivity contribution is 5.93. The van der Waals surface area contributed by atoms with Gasteiger partial charge in [0.25, 0.3) is 0 Å². The van der Waals surface area contributed by atoms with E-state index in [1.165, 1.54) is 0 Å². The first-order chi connectivity index (χ1) is 15.6. The number of H-pyrrole nitrogens is 1. The van der Waals surface area contributed by atoms with E-state index in [2.05, 4.69) is 36.3 Å². The average Bonchev–Trinajstić information content (AvgIpc) is 3.23. The van der Waals surface area contributed by atoms with Gasteiger partial charge in [-0.1, -0.05) is 0 Å². The third-order valence-corrected chi connectivity index (χ3v) is 5.88. The molecular formula is C24H26N6O2. The highest BCUT2D eigenvalue weighted by Gasteiger charge is 2.17. The van der Waals surface area contributed by atoms with E-state index in [1.54, 1.807) is 6.20 Å². The van der Waals surface area contributed by atoms with E-state index in [4.69, 9.17) is 9.47 Å². The first kappa shape index (κ1) is 20.4. The lowest BCUT2D eigenvalue weighted by Crippen LogP contribution is -2.36. The number of morpholine rings is 1. The van der Waals surface area contributed by atoms with Crippen LogP contribution in [-0.2, 0) is 4.74 Å². The third kappa shape index (κ3) is 3.89. The lowest BCUT2D eigenvalue weighted by molar-refractivity contribution is 0.122. The SMILES string of the molecule is Cc1cnnc(C)c1[C@@H](C)Oc1ccc2[nH]nc(-c3ccc(N4CCOCC4)nc3)c2c1. The summed E-state index contributed by atoms with van der Waals surface area (Å²) >= 11 is 0. The number of aromatic nitrogens is 5. The number of aryl methyl sites for hydroxylation is 2. The van der Waals surface area contributed by atoms with Crippen LogP contribution in [0.2, 0.25) is 0 Å². The number of nitrogens with one attached hydrogen (secondary N) is 1. The van der Waals surface area contributed by atoms with Crippen LogP contribution in [0.3, 0.4) is 0 Å². The second kappa shape index (κ2) is 8.55. The van der Waals surface area contributed by atoms with Crippen LogP contribution in [0.1, 0.15) is 29.8 Å². The quantitative estimate of drug-likeness (QED) is 0.512. The van der Waals surface area contributed by atoms with Crippen molar-refractivity contribution in [1.82, 2.24) is 25.4 Å². The highest BCUT2D eigenvalue weighted by Crippen LogP contribution is 2.32. The molecule has 4 aromatic rings. The van der Waals surface area contributed by atoms with Gasteiger partial charge in [0.15, 0.2) is 0 Å². The fourth-order valence-electron chi connectivity index (χ4n) is 4.28. The zero-order valence-corrected chi connectivity index (χ0v) is 18.5. The van der Waals surface area contributed by atoms with E-state index in [0.717, 1.165) is 76.9 Å². The fraction of sp³-hybridized carbons (Fsp3) is 0.333. The van der Waals surface area contributed by atoms with Gasteiger partial charge in [-0.25, -0.2) is 4.98 Å². The number of benzene rings is 1. The number of aromatic amines is 1. The molecule has 32 heavy (non-hydrogen) atoms. The van der Waals surface area contributed by atoms with Gasteiger partial charge < -0.3 is 14.4 Å². The molecule has 8 heteroatoms. The van der Waals surface area contributed by atoms with Crippen LogP contribution in [0.4, 0.5) is 5.82 Å². The number of nitrogens with zero attached hydrogens (tertiary/aromatic N) is 5. The predicted molar refractivity (Wildman–Crippen MR) is 123 cm³/mol. The molecule has 8 nitrogen and oxygen atoms in total. The maximum atomic E-state index is 6.29. The van der Waals surface area contributed by atoms with Gasteiger partial charge in [0.1, 0.15) is 23.4 Å². The summed E-state index contributed by atoms with van der Waals surface area (Å²) in [7, 11) is 0. The smallest absolute Gasteiger partial charge is 0.128 e. The summed E-state index contributed by atoms with van der Waals surface area (Å²) in [6.07, 6.45) is 3.51. The molecule has 1 saturated heterocycles. The second-order valence-electron chi connectivity index (χ2n) is 8.07. The minimum absolute atomic E-state index is 0.146. The van der Waals surface area contributed by atoms with E-state index in [0.29, 0.717) is 0 Å². The number of pyridine rings is 1. The van der Waals surface area contributed by atoms with Crippen molar-refractivity contribution in [3.63, 3.8) is 0 Å². The molecule has 4 heterocycles. The molecule has 0 bridgehead atoms. The minimum atomic E-state index is -0.146. The Morgan fingerprint density at radius 3 is 2.69 bits per heavy atom. The summed E-state index contributed by atoms with van der Waals surface area (Å²) in [5, 5.41) is 16.8. The largest absolute Gasteiger partial charge is 0.486 e. The molecule has 5 rings (SSSR count). The number of fused-ring (bicyclic) bond motifs is 1. The van der Waals surface area contributed by atoms with Gasteiger partial charge in [0.05, 0.1) is 30.6 Å². The Labute approximate surface area is 186 Å². The van der Waals surface area contributed by atoms with Crippen molar-refractivity contribution in [3.8, 4) is 17.0 Å². The Balaban J connectivity index is 1.41. The molecule has 1 aliphatic heterocycles. The normalized spacial score (nSPS) is 15.2. The van der Waals surface area contributed by atoms with Crippen LogP contribution in [0.5, 0.6) is 5.75 Å². The summed E-state index contributed by atoms with van der Waals surface area (Å²) in [6, 6.07) is 10.1. The summed E-state index contributed by atoms with van der Waals surface area (Å²) in [6.45, 7) is 9.23. The summed E-state index contributed by atoms with van der Waals surface area (Å²) < 4.78 is 11.7. The molecule has 0 unspecified atom stereocenters. The Kier molecular flexibility index (Phi) is 5.45. The molecule has 1 N–H and O–H groups in total. The molecule has 1 aliphatic rings. The van der Waals surface area contributed by atoms with Crippen LogP contribution in [-0.4, -0.2) is 51.7 Å². The molecule has 0 aliphatic carbocycles. The van der Waals surface area contributed by atoms with E-state index in [9.17, 15) is 0 Å². The van der Waals surface area contributed by atoms with Crippen LogP contribution < -0.4 is 9.64 Å². The van der Waals surface area contributed by atoms with Crippen LogP contribution >= 0.6 is 0 Å². The molecule has 164 valence electrons.